The third-order valence-electron chi connectivity index (χ3n) is 5.67. The lowest BCUT2D eigenvalue weighted by atomic mass is 9.85. The van der Waals surface area contributed by atoms with E-state index in [9.17, 15) is 9.59 Å². The Morgan fingerprint density at radius 1 is 1.40 bits per heavy atom. The van der Waals surface area contributed by atoms with Gasteiger partial charge in [-0.1, -0.05) is 12.8 Å². The van der Waals surface area contributed by atoms with Gasteiger partial charge in [0.15, 0.2) is 4.96 Å². The summed E-state index contributed by atoms with van der Waals surface area (Å²) in [7, 11) is 1.45. The standard InChI is InChI=1S/C18H23N3O3S/c1-11-10-25-18-19-13(8-16(22)21(11)18)9-20-14-6-4-3-5-12(14)7-15(20)17(23)24-2/h8,10,12,14-15H,3-7,9H2,1-2H3/t12-,14-,15-/m0/s1. The summed E-state index contributed by atoms with van der Waals surface area (Å²) in [6, 6.07) is 1.78. The molecular formula is C18H23N3O3S. The van der Waals surface area contributed by atoms with Gasteiger partial charge in [-0.05, 0) is 32.1 Å². The summed E-state index contributed by atoms with van der Waals surface area (Å²) in [5, 5.41) is 1.94. The van der Waals surface area contributed by atoms with E-state index in [1.54, 1.807) is 10.5 Å². The van der Waals surface area contributed by atoms with Gasteiger partial charge < -0.3 is 4.74 Å². The number of ether oxygens (including phenoxy) is 1. The van der Waals surface area contributed by atoms with Crippen molar-refractivity contribution in [1.82, 2.24) is 14.3 Å². The first-order chi connectivity index (χ1) is 12.1. The van der Waals surface area contributed by atoms with Gasteiger partial charge in [-0.3, -0.25) is 18.9 Å². The second-order valence-electron chi connectivity index (χ2n) is 7.14. The van der Waals surface area contributed by atoms with Crippen molar-refractivity contribution in [3.8, 4) is 0 Å². The highest BCUT2D eigenvalue weighted by atomic mass is 32.1. The lowest BCUT2D eigenvalue weighted by Crippen LogP contribution is -2.42. The van der Waals surface area contributed by atoms with Crippen LogP contribution >= 0.6 is 11.3 Å². The molecule has 7 heteroatoms. The zero-order valence-corrected chi connectivity index (χ0v) is 15.4. The van der Waals surface area contributed by atoms with Gasteiger partial charge >= 0.3 is 5.97 Å². The van der Waals surface area contributed by atoms with Crippen LogP contribution in [0.15, 0.2) is 16.2 Å². The molecule has 0 N–H and O–H groups in total. The van der Waals surface area contributed by atoms with Gasteiger partial charge in [-0.2, -0.15) is 0 Å². The van der Waals surface area contributed by atoms with E-state index in [0.717, 1.165) is 24.2 Å². The molecule has 134 valence electrons. The van der Waals surface area contributed by atoms with Crippen LogP contribution in [-0.4, -0.2) is 39.4 Å². The normalized spacial score (nSPS) is 26.7. The fourth-order valence-electron chi connectivity index (χ4n) is 4.52. The second kappa shape index (κ2) is 6.53. The summed E-state index contributed by atoms with van der Waals surface area (Å²) >= 11 is 1.48. The number of nitrogens with zero attached hydrogens (tertiary/aromatic N) is 3. The number of aromatic nitrogens is 2. The third kappa shape index (κ3) is 2.89. The molecule has 1 saturated carbocycles. The largest absolute Gasteiger partial charge is 0.468 e. The van der Waals surface area contributed by atoms with E-state index in [-0.39, 0.29) is 17.6 Å². The monoisotopic (exact) mass is 361 g/mol. The van der Waals surface area contributed by atoms with Crippen LogP contribution in [0.25, 0.3) is 4.96 Å². The topological polar surface area (TPSA) is 63.9 Å². The first kappa shape index (κ1) is 16.7. The van der Waals surface area contributed by atoms with Gasteiger partial charge in [-0.15, -0.1) is 11.3 Å². The number of esters is 1. The molecule has 4 rings (SSSR count). The van der Waals surface area contributed by atoms with Gasteiger partial charge in [0.2, 0.25) is 0 Å². The summed E-state index contributed by atoms with van der Waals surface area (Å²) in [5.41, 5.74) is 1.60. The van der Waals surface area contributed by atoms with E-state index in [4.69, 9.17) is 4.74 Å². The van der Waals surface area contributed by atoms with E-state index in [0.29, 0.717) is 23.5 Å². The average Bonchev–Trinajstić information content (AvgIpc) is 3.16. The van der Waals surface area contributed by atoms with Gasteiger partial charge in [0, 0.05) is 29.7 Å². The Balaban J connectivity index is 1.67. The molecule has 0 amide bonds. The molecule has 25 heavy (non-hydrogen) atoms. The zero-order valence-electron chi connectivity index (χ0n) is 14.6. The SMILES string of the molecule is COC(=O)[C@@H]1C[C@@H]2CCCC[C@@H]2N1Cc1cc(=O)n2c(C)csc2n1. The molecular weight excluding hydrogens is 338 g/mol. The molecule has 0 bridgehead atoms. The van der Waals surface area contributed by atoms with Gasteiger partial charge in [0.1, 0.15) is 6.04 Å². The molecule has 2 aromatic rings. The molecule has 0 radical (unpaired) electrons. The number of likely N-dealkylation sites (tertiary alicyclic amines) is 1. The van der Waals surface area contributed by atoms with Crippen LogP contribution in [0.4, 0.5) is 0 Å². The minimum atomic E-state index is -0.219. The van der Waals surface area contributed by atoms with Crippen LogP contribution in [0, 0.1) is 12.8 Å². The fourth-order valence-corrected chi connectivity index (χ4v) is 5.41. The maximum Gasteiger partial charge on any atom is 0.323 e. The van der Waals surface area contributed by atoms with Crippen LogP contribution in [0.5, 0.6) is 0 Å². The Kier molecular flexibility index (Phi) is 4.37. The average molecular weight is 361 g/mol. The number of methoxy groups -OCH3 is 1. The number of hydrogen-bond donors (Lipinski definition) is 0. The summed E-state index contributed by atoms with van der Waals surface area (Å²) in [4.78, 5) is 32.3. The number of aryl methyl sites for hydroxylation is 1. The summed E-state index contributed by atoms with van der Waals surface area (Å²) in [6.07, 6.45) is 5.58. The molecule has 0 spiro atoms. The number of carbonyl (C=O) groups is 1. The molecule has 0 unspecified atom stereocenters. The Bertz CT molecular complexity index is 859. The molecule has 6 nitrogen and oxygen atoms in total. The van der Waals surface area contributed by atoms with Crippen molar-refractivity contribution < 1.29 is 9.53 Å². The van der Waals surface area contributed by atoms with E-state index in [2.05, 4.69) is 9.88 Å². The first-order valence-electron chi connectivity index (χ1n) is 8.89. The van der Waals surface area contributed by atoms with Crippen molar-refractivity contribution in [2.24, 2.45) is 5.92 Å². The maximum absolute atomic E-state index is 12.4. The molecule has 2 aromatic heterocycles. The minimum absolute atomic E-state index is 0.0484. The lowest BCUT2D eigenvalue weighted by Gasteiger charge is -2.32. The highest BCUT2D eigenvalue weighted by Gasteiger charge is 2.45. The Labute approximate surface area is 150 Å². The van der Waals surface area contributed by atoms with Crippen LogP contribution in [0.3, 0.4) is 0 Å². The highest BCUT2D eigenvalue weighted by Crippen LogP contribution is 2.40. The molecule has 3 atom stereocenters. The fraction of sp³-hybridized carbons (Fsp3) is 0.611. The van der Waals surface area contributed by atoms with Gasteiger partial charge in [0.25, 0.3) is 5.56 Å². The molecule has 1 aliphatic carbocycles. The molecule has 2 fully saturated rings. The predicted octanol–water partition coefficient (Wildman–Crippen LogP) is 2.37. The summed E-state index contributed by atoms with van der Waals surface area (Å²) < 4.78 is 6.68. The first-order valence-corrected chi connectivity index (χ1v) is 9.77. The van der Waals surface area contributed by atoms with E-state index >= 15 is 0 Å². The predicted molar refractivity (Wildman–Crippen MR) is 95.8 cm³/mol. The molecule has 1 aliphatic heterocycles. The van der Waals surface area contributed by atoms with E-state index < -0.39 is 0 Å². The van der Waals surface area contributed by atoms with E-state index in [1.165, 1.54) is 37.7 Å². The zero-order chi connectivity index (χ0) is 17.6. The maximum atomic E-state index is 12.4. The van der Waals surface area contributed by atoms with Crippen molar-refractivity contribution >= 4 is 22.3 Å². The van der Waals surface area contributed by atoms with Crippen LogP contribution in [-0.2, 0) is 16.1 Å². The number of carbonyl (C=O) groups excluding carboxylic acids is 1. The van der Waals surface area contributed by atoms with Crippen molar-refractivity contribution in [3.05, 3.63) is 33.2 Å². The van der Waals surface area contributed by atoms with Crippen molar-refractivity contribution in [2.75, 3.05) is 7.11 Å². The number of fused-ring (bicyclic) bond motifs is 2. The number of rotatable bonds is 3. The third-order valence-corrected chi connectivity index (χ3v) is 6.61. The molecule has 1 saturated heterocycles. The molecule has 2 aliphatic rings. The Morgan fingerprint density at radius 3 is 3.00 bits per heavy atom. The number of thiazole rings is 1. The van der Waals surface area contributed by atoms with Crippen LogP contribution in [0.1, 0.15) is 43.5 Å². The van der Waals surface area contributed by atoms with Crippen molar-refractivity contribution in [1.29, 1.82) is 0 Å². The molecule has 0 aromatic carbocycles. The smallest absolute Gasteiger partial charge is 0.323 e. The second-order valence-corrected chi connectivity index (χ2v) is 7.98. The Hall–Kier alpha value is -1.73. The Morgan fingerprint density at radius 2 is 2.20 bits per heavy atom. The van der Waals surface area contributed by atoms with Crippen molar-refractivity contribution in [2.45, 2.75) is 57.7 Å². The lowest BCUT2D eigenvalue weighted by molar-refractivity contribution is -0.146. The van der Waals surface area contributed by atoms with Crippen molar-refractivity contribution in [3.63, 3.8) is 0 Å². The van der Waals surface area contributed by atoms with Gasteiger partial charge in [-0.25, -0.2) is 4.98 Å². The van der Waals surface area contributed by atoms with Crippen LogP contribution < -0.4 is 5.56 Å². The van der Waals surface area contributed by atoms with E-state index in [1.807, 2.05) is 12.3 Å². The summed E-state index contributed by atoms with van der Waals surface area (Å²) in [5.74, 6) is 0.380. The summed E-state index contributed by atoms with van der Waals surface area (Å²) in [6.45, 7) is 2.44. The van der Waals surface area contributed by atoms with Gasteiger partial charge in [0.05, 0.1) is 12.8 Å². The highest BCUT2D eigenvalue weighted by molar-refractivity contribution is 7.15. The quantitative estimate of drug-likeness (QED) is 0.786. The molecule has 3 heterocycles. The minimum Gasteiger partial charge on any atom is -0.468 e. The number of hydrogen-bond acceptors (Lipinski definition) is 6. The van der Waals surface area contributed by atoms with Crippen LogP contribution in [0.2, 0.25) is 0 Å².